The normalized spacial score (nSPS) is 10.4. The highest BCUT2D eigenvalue weighted by molar-refractivity contribution is 9.11. The Morgan fingerprint density at radius 3 is 2.67 bits per heavy atom. The van der Waals surface area contributed by atoms with Gasteiger partial charge in [0.05, 0.1) is 19.7 Å². The zero-order valence-electron chi connectivity index (χ0n) is 9.18. The SMILES string of the molecule is Fc1cc(CNc2cccc(Cl)c2Br)ccc1Br. The topological polar surface area (TPSA) is 12.0 Å². The molecule has 0 aliphatic heterocycles. The molecule has 1 N–H and O–H groups in total. The third-order valence-corrected chi connectivity index (χ3v) is 4.46. The van der Waals surface area contributed by atoms with Gasteiger partial charge >= 0.3 is 0 Å². The van der Waals surface area contributed by atoms with Crippen molar-refractivity contribution in [3.8, 4) is 0 Å². The fraction of sp³-hybridized carbons (Fsp3) is 0.0769. The van der Waals surface area contributed by atoms with Crippen LogP contribution in [0.1, 0.15) is 5.56 Å². The van der Waals surface area contributed by atoms with Crippen LogP contribution in [0, 0.1) is 5.82 Å². The molecule has 0 saturated carbocycles. The third-order valence-electron chi connectivity index (χ3n) is 2.42. The summed E-state index contributed by atoms with van der Waals surface area (Å²) in [6.07, 6.45) is 0. The summed E-state index contributed by atoms with van der Waals surface area (Å²) in [6.45, 7) is 0.531. The lowest BCUT2D eigenvalue weighted by atomic mass is 10.2. The van der Waals surface area contributed by atoms with Gasteiger partial charge in [-0.15, -0.1) is 0 Å². The van der Waals surface area contributed by atoms with Crippen molar-refractivity contribution in [1.29, 1.82) is 0 Å². The number of halogens is 4. The molecule has 18 heavy (non-hydrogen) atoms. The van der Waals surface area contributed by atoms with Gasteiger partial charge < -0.3 is 5.32 Å². The van der Waals surface area contributed by atoms with Crippen LogP contribution in [0.4, 0.5) is 10.1 Å². The summed E-state index contributed by atoms with van der Waals surface area (Å²) in [5.41, 5.74) is 1.74. The van der Waals surface area contributed by atoms with Crippen LogP contribution < -0.4 is 5.32 Å². The van der Waals surface area contributed by atoms with Crippen LogP contribution in [-0.2, 0) is 6.54 Å². The molecule has 2 aromatic rings. The van der Waals surface area contributed by atoms with Crippen molar-refractivity contribution in [3.63, 3.8) is 0 Å². The van der Waals surface area contributed by atoms with Crippen LogP contribution in [0.25, 0.3) is 0 Å². The van der Waals surface area contributed by atoms with Crippen molar-refractivity contribution in [2.45, 2.75) is 6.54 Å². The minimum absolute atomic E-state index is 0.264. The summed E-state index contributed by atoms with van der Waals surface area (Å²) < 4.78 is 14.6. The van der Waals surface area contributed by atoms with Crippen molar-refractivity contribution in [1.82, 2.24) is 0 Å². The molecule has 2 aromatic carbocycles. The van der Waals surface area contributed by atoms with Gasteiger partial charge in [-0.05, 0) is 61.7 Å². The highest BCUT2D eigenvalue weighted by Gasteiger charge is 2.04. The monoisotopic (exact) mass is 391 g/mol. The van der Waals surface area contributed by atoms with Crippen molar-refractivity contribution >= 4 is 49.1 Å². The van der Waals surface area contributed by atoms with E-state index in [9.17, 15) is 4.39 Å². The van der Waals surface area contributed by atoms with Gasteiger partial charge in [0, 0.05) is 6.54 Å². The Bertz CT molecular complexity index is 575. The summed E-state index contributed by atoms with van der Waals surface area (Å²) in [7, 11) is 0. The van der Waals surface area contributed by atoms with Gasteiger partial charge in [0.25, 0.3) is 0 Å². The molecule has 2 rings (SSSR count). The van der Waals surface area contributed by atoms with Gasteiger partial charge in [0.15, 0.2) is 0 Å². The molecule has 0 spiro atoms. The summed E-state index contributed by atoms with van der Waals surface area (Å²) in [4.78, 5) is 0. The van der Waals surface area contributed by atoms with E-state index in [0.717, 1.165) is 15.7 Å². The smallest absolute Gasteiger partial charge is 0.137 e. The van der Waals surface area contributed by atoms with E-state index in [0.29, 0.717) is 16.0 Å². The minimum Gasteiger partial charge on any atom is -0.380 e. The number of rotatable bonds is 3. The Hall–Kier alpha value is -0.580. The number of nitrogens with one attached hydrogen (secondary N) is 1. The van der Waals surface area contributed by atoms with Crippen LogP contribution in [0.2, 0.25) is 5.02 Å². The molecule has 0 saturated heterocycles. The van der Waals surface area contributed by atoms with E-state index in [1.807, 2.05) is 18.2 Å². The van der Waals surface area contributed by atoms with E-state index >= 15 is 0 Å². The summed E-state index contributed by atoms with van der Waals surface area (Å²) in [5, 5.41) is 3.84. The predicted octanol–water partition coefficient (Wildman–Crippen LogP) is 5.62. The average Bonchev–Trinajstić information content (AvgIpc) is 2.35. The maximum Gasteiger partial charge on any atom is 0.137 e. The maximum atomic E-state index is 13.3. The van der Waals surface area contributed by atoms with Crippen molar-refractivity contribution in [2.24, 2.45) is 0 Å². The highest BCUT2D eigenvalue weighted by Crippen LogP contribution is 2.30. The Morgan fingerprint density at radius 1 is 1.17 bits per heavy atom. The molecular formula is C13H9Br2ClFN. The predicted molar refractivity (Wildman–Crippen MR) is 80.6 cm³/mol. The van der Waals surface area contributed by atoms with Crippen LogP contribution in [0.15, 0.2) is 45.3 Å². The summed E-state index contributed by atoms with van der Waals surface area (Å²) in [5.74, 6) is -0.264. The first kappa shape index (κ1) is 13.8. The molecule has 0 aliphatic carbocycles. The van der Waals surface area contributed by atoms with E-state index in [1.165, 1.54) is 6.07 Å². The molecule has 94 valence electrons. The third kappa shape index (κ3) is 3.25. The quantitative estimate of drug-likeness (QED) is 0.714. The van der Waals surface area contributed by atoms with E-state index in [1.54, 1.807) is 12.1 Å². The highest BCUT2D eigenvalue weighted by atomic mass is 79.9. The molecule has 0 bridgehead atoms. The molecule has 0 fully saturated rings. The van der Waals surface area contributed by atoms with E-state index in [2.05, 4.69) is 37.2 Å². The lowest BCUT2D eigenvalue weighted by Crippen LogP contribution is -2.00. The van der Waals surface area contributed by atoms with Gasteiger partial charge in [-0.3, -0.25) is 0 Å². The standard InChI is InChI=1S/C13H9Br2ClFN/c14-9-5-4-8(6-11(9)17)7-18-12-3-1-2-10(16)13(12)15/h1-6,18H,7H2. The second kappa shape index (κ2) is 6.04. The molecule has 0 radical (unpaired) electrons. The van der Waals surface area contributed by atoms with E-state index in [4.69, 9.17) is 11.6 Å². The fourth-order valence-electron chi connectivity index (χ4n) is 1.49. The van der Waals surface area contributed by atoms with Crippen LogP contribution in [0.5, 0.6) is 0 Å². The largest absolute Gasteiger partial charge is 0.380 e. The van der Waals surface area contributed by atoms with Gasteiger partial charge in [0.1, 0.15) is 5.82 Å². The van der Waals surface area contributed by atoms with Gasteiger partial charge in [-0.2, -0.15) is 0 Å². The maximum absolute atomic E-state index is 13.3. The van der Waals surface area contributed by atoms with Crippen molar-refractivity contribution in [2.75, 3.05) is 5.32 Å². The molecule has 0 heterocycles. The molecule has 0 aliphatic rings. The second-order valence-corrected chi connectivity index (χ2v) is 5.76. The van der Waals surface area contributed by atoms with E-state index < -0.39 is 0 Å². The fourth-order valence-corrected chi connectivity index (χ4v) is 2.31. The lowest BCUT2D eigenvalue weighted by Gasteiger charge is -2.10. The zero-order chi connectivity index (χ0) is 13.1. The second-order valence-electron chi connectivity index (χ2n) is 3.70. The van der Waals surface area contributed by atoms with Crippen molar-refractivity contribution < 1.29 is 4.39 Å². The Kier molecular flexibility index (Phi) is 4.65. The van der Waals surface area contributed by atoms with Gasteiger partial charge in [-0.25, -0.2) is 4.39 Å². The lowest BCUT2D eigenvalue weighted by molar-refractivity contribution is 0.619. The molecule has 0 aromatic heterocycles. The Balaban J connectivity index is 2.11. The number of anilines is 1. The first-order valence-corrected chi connectivity index (χ1v) is 7.16. The minimum atomic E-state index is -0.264. The van der Waals surface area contributed by atoms with Gasteiger partial charge in [-0.1, -0.05) is 23.7 Å². The first-order valence-electron chi connectivity index (χ1n) is 5.20. The van der Waals surface area contributed by atoms with E-state index in [-0.39, 0.29) is 5.82 Å². The van der Waals surface area contributed by atoms with Crippen LogP contribution >= 0.6 is 43.5 Å². The Morgan fingerprint density at radius 2 is 1.94 bits per heavy atom. The zero-order valence-corrected chi connectivity index (χ0v) is 13.1. The molecule has 0 amide bonds. The summed E-state index contributed by atoms with van der Waals surface area (Å²) >= 11 is 12.5. The number of hydrogen-bond acceptors (Lipinski definition) is 1. The summed E-state index contributed by atoms with van der Waals surface area (Å²) in [6, 6.07) is 10.6. The Labute approximate surface area is 127 Å². The van der Waals surface area contributed by atoms with Crippen LogP contribution in [0.3, 0.4) is 0 Å². The van der Waals surface area contributed by atoms with Crippen molar-refractivity contribution in [3.05, 3.63) is 61.7 Å². The average molecular weight is 393 g/mol. The first-order chi connectivity index (χ1) is 8.58. The molecular weight excluding hydrogens is 384 g/mol. The molecule has 1 nitrogen and oxygen atoms in total. The molecule has 0 atom stereocenters. The number of hydrogen-bond donors (Lipinski definition) is 1. The van der Waals surface area contributed by atoms with Crippen LogP contribution in [-0.4, -0.2) is 0 Å². The van der Waals surface area contributed by atoms with Gasteiger partial charge in [0.2, 0.25) is 0 Å². The number of benzene rings is 2. The molecule has 5 heteroatoms. The molecule has 0 unspecified atom stereocenters.